The minimum Gasteiger partial charge on any atom is -0.508 e. The molecule has 1 aromatic carbocycles. The molecule has 0 aliphatic rings. The summed E-state index contributed by atoms with van der Waals surface area (Å²) >= 11 is 0. The zero-order valence-corrected chi connectivity index (χ0v) is 8.89. The smallest absolute Gasteiger partial charge is 0.194 e. The van der Waals surface area contributed by atoms with Gasteiger partial charge >= 0.3 is 0 Å². The van der Waals surface area contributed by atoms with Crippen molar-refractivity contribution in [3.05, 3.63) is 36.4 Å². The number of phenols is 1. The molecule has 0 aliphatic heterocycles. The summed E-state index contributed by atoms with van der Waals surface area (Å²) in [5.74, 6) is 1.66. The first-order valence-corrected chi connectivity index (χ1v) is 5.24. The van der Waals surface area contributed by atoms with Crippen molar-refractivity contribution in [3.8, 4) is 17.1 Å². The van der Waals surface area contributed by atoms with Gasteiger partial charge in [-0.15, -0.1) is 0 Å². The van der Waals surface area contributed by atoms with E-state index in [1.54, 1.807) is 30.5 Å². The summed E-state index contributed by atoms with van der Waals surface area (Å²) in [7, 11) is 0. The van der Waals surface area contributed by atoms with E-state index in [9.17, 15) is 0 Å². The number of aromatic nitrogens is 1. The molecule has 0 saturated carbocycles. The Bertz CT molecular complexity index is 448. The number of hydrogen-bond acceptors (Lipinski definition) is 4. The second kappa shape index (κ2) is 4.81. The summed E-state index contributed by atoms with van der Waals surface area (Å²) in [6.07, 6.45) is 3.32. The van der Waals surface area contributed by atoms with E-state index >= 15 is 0 Å². The van der Waals surface area contributed by atoms with Crippen LogP contribution in [0, 0.1) is 0 Å². The fourth-order valence-corrected chi connectivity index (χ4v) is 1.44. The Labute approximate surface area is 93.7 Å². The van der Waals surface area contributed by atoms with Crippen molar-refractivity contribution in [2.45, 2.75) is 12.8 Å². The quantitative estimate of drug-likeness (QED) is 0.822. The number of rotatable bonds is 4. The van der Waals surface area contributed by atoms with Crippen LogP contribution < -0.4 is 5.73 Å². The molecule has 1 aromatic heterocycles. The summed E-state index contributed by atoms with van der Waals surface area (Å²) < 4.78 is 5.56. The van der Waals surface area contributed by atoms with Crippen molar-refractivity contribution in [2.24, 2.45) is 5.73 Å². The van der Waals surface area contributed by atoms with E-state index in [-0.39, 0.29) is 5.75 Å². The SMILES string of the molecule is NCCCc1ncc(-c2ccc(O)cc2)o1. The fraction of sp³-hybridized carbons (Fsp3) is 0.250. The second-order valence-corrected chi connectivity index (χ2v) is 3.56. The molecule has 1 heterocycles. The van der Waals surface area contributed by atoms with E-state index in [4.69, 9.17) is 15.3 Å². The Morgan fingerprint density at radius 2 is 2.00 bits per heavy atom. The predicted molar refractivity (Wildman–Crippen MR) is 61.0 cm³/mol. The third kappa shape index (κ3) is 2.41. The Hall–Kier alpha value is -1.81. The van der Waals surface area contributed by atoms with Gasteiger partial charge in [-0.25, -0.2) is 4.98 Å². The Kier molecular flexibility index (Phi) is 3.22. The second-order valence-electron chi connectivity index (χ2n) is 3.56. The van der Waals surface area contributed by atoms with Crippen LogP contribution in [0.3, 0.4) is 0 Å². The normalized spacial score (nSPS) is 10.6. The first kappa shape index (κ1) is 10.7. The van der Waals surface area contributed by atoms with Crippen LogP contribution in [-0.2, 0) is 6.42 Å². The lowest BCUT2D eigenvalue weighted by Gasteiger charge is -1.96. The lowest BCUT2D eigenvalue weighted by atomic mass is 10.2. The molecule has 3 N–H and O–H groups in total. The molecule has 0 fully saturated rings. The zero-order chi connectivity index (χ0) is 11.4. The van der Waals surface area contributed by atoms with Crippen LogP contribution in [0.2, 0.25) is 0 Å². The number of oxazole rings is 1. The number of aryl methyl sites for hydroxylation is 1. The number of benzene rings is 1. The molecular formula is C12H14N2O2. The third-order valence-corrected chi connectivity index (χ3v) is 2.30. The number of phenolic OH excluding ortho intramolecular Hbond substituents is 1. The van der Waals surface area contributed by atoms with Gasteiger partial charge in [-0.1, -0.05) is 0 Å². The van der Waals surface area contributed by atoms with Crippen LogP contribution in [0.5, 0.6) is 5.75 Å². The van der Waals surface area contributed by atoms with Crippen LogP contribution in [-0.4, -0.2) is 16.6 Å². The lowest BCUT2D eigenvalue weighted by Crippen LogP contribution is -2.00. The van der Waals surface area contributed by atoms with E-state index in [1.807, 2.05) is 0 Å². The minimum atomic E-state index is 0.242. The first-order chi connectivity index (χ1) is 7.79. The molecule has 16 heavy (non-hydrogen) atoms. The Balaban J connectivity index is 2.15. The van der Waals surface area contributed by atoms with Crippen molar-refractivity contribution < 1.29 is 9.52 Å². The molecule has 0 spiro atoms. The maximum Gasteiger partial charge on any atom is 0.194 e. The van der Waals surface area contributed by atoms with Crippen molar-refractivity contribution in [1.82, 2.24) is 4.98 Å². The highest BCUT2D eigenvalue weighted by Crippen LogP contribution is 2.22. The molecule has 0 aliphatic carbocycles. The average molecular weight is 218 g/mol. The van der Waals surface area contributed by atoms with E-state index in [0.29, 0.717) is 18.2 Å². The molecule has 0 saturated heterocycles. The first-order valence-electron chi connectivity index (χ1n) is 5.24. The molecule has 0 bridgehead atoms. The van der Waals surface area contributed by atoms with Crippen molar-refractivity contribution in [1.29, 1.82) is 0 Å². The van der Waals surface area contributed by atoms with Gasteiger partial charge in [0, 0.05) is 12.0 Å². The zero-order valence-electron chi connectivity index (χ0n) is 8.89. The predicted octanol–water partition coefficient (Wildman–Crippen LogP) is 1.94. The van der Waals surface area contributed by atoms with E-state index in [0.717, 1.165) is 18.4 Å². The molecule has 2 aromatic rings. The van der Waals surface area contributed by atoms with Crippen molar-refractivity contribution in [2.75, 3.05) is 6.54 Å². The maximum absolute atomic E-state index is 9.16. The van der Waals surface area contributed by atoms with Crippen LogP contribution in [0.4, 0.5) is 0 Å². The molecule has 0 radical (unpaired) electrons. The lowest BCUT2D eigenvalue weighted by molar-refractivity contribution is 0.475. The molecule has 0 amide bonds. The van der Waals surface area contributed by atoms with Gasteiger partial charge in [-0.05, 0) is 37.2 Å². The summed E-state index contributed by atoms with van der Waals surface area (Å²) in [6, 6.07) is 6.83. The van der Waals surface area contributed by atoms with Gasteiger partial charge in [0.15, 0.2) is 11.7 Å². The summed E-state index contributed by atoms with van der Waals surface area (Å²) in [4.78, 5) is 4.17. The molecule has 84 valence electrons. The van der Waals surface area contributed by atoms with Gasteiger partial charge in [-0.2, -0.15) is 0 Å². The molecule has 0 unspecified atom stereocenters. The van der Waals surface area contributed by atoms with Crippen molar-refractivity contribution in [3.63, 3.8) is 0 Å². The Morgan fingerprint density at radius 1 is 1.25 bits per heavy atom. The summed E-state index contributed by atoms with van der Waals surface area (Å²) in [6.45, 7) is 0.636. The van der Waals surface area contributed by atoms with E-state index < -0.39 is 0 Å². The van der Waals surface area contributed by atoms with E-state index in [2.05, 4.69) is 4.98 Å². The van der Waals surface area contributed by atoms with Gasteiger partial charge in [-0.3, -0.25) is 0 Å². The summed E-state index contributed by atoms with van der Waals surface area (Å²) in [5.41, 5.74) is 6.32. The van der Waals surface area contributed by atoms with Crippen LogP contribution >= 0.6 is 0 Å². The van der Waals surface area contributed by atoms with Crippen LogP contribution in [0.15, 0.2) is 34.9 Å². The van der Waals surface area contributed by atoms with Gasteiger partial charge in [0.2, 0.25) is 0 Å². The van der Waals surface area contributed by atoms with Gasteiger partial charge < -0.3 is 15.3 Å². The monoisotopic (exact) mass is 218 g/mol. The highest BCUT2D eigenvalue weighted by Gasteiger charge is 2.05. The molecule has 4 nitrogen and oxygen atoms in total. The number of hydrogen-bond donors (Lipinski definition) is 2. The number of aromatic hydroxyl groups is 1. The largest absolute Gasteiger partial charge is 0.508 e. The van der Waals surface area contributed by atoms with Gasteiger partial charge in [0.05, 0.1) is 6.20 Å². The maximum atomic E-state index is 9.16. The third-order valence-electron chi connectivity index (χ3n) is 2.30. The highest BCUT2D eigenvalue weighted by atomic mass is 16.4. The standard InChI is InChI=1S/C12H14N2O2/c13-7-1-2-12-14-8-11(16-12)9-3-5-10(15)6-4-9/h3-6,8,15H,1-2,7,13H2. The number of nitrogens with two attached hydrogens (primary N) is 1. The molecule has 0 atom stereocenters. The van der Waals surface area contributed by atoms with Gasteiger partial charge in [0.25, 0.3) is 0 Å². The highest BCUT2D eigenvalue weighted by molar-refractivity contribution is 5.57. The fourth-order valence-electron chi connectivity index (χ4n) is 1.44. The van der Waals surface area contributed by atoms with Gasteiger partial charge in [0.1, 0.15) is 5.75 Å². The number of nitrogens with zero attached hydrogens (tertiary/aromatic N) is 1. The molecular weight excluding hydrogens is 204 g/mol. The van der Waals surface area contributed by atoms with Crippen LogP contribution in [0.1, 0.15) is 12.3 Å². The van der Waals surface area contributed by atoms with Crippen molar-refractivity contribution >= 4 is 0 Å². The average Bonchev–Trinajstić information content (AvgIpc) is 2.76. The molecule has 4 heteroatoms. The molecule has 2 rings (SSSR count). The summed E-state index contributed by atoms with van der Waals surface area (Å²) in [5, 5.41) is 9.16. The Morgan fingerprint density at radius 3 is 2.69 bits per heavy atom. The minimum absolute atomic E-state index is 0.242. The van der Waals surface area contributed by atoms with Crippen LogP contribution in [0.25, 0.3) is 11.3 Å². The van der Waals surface area contributed by atoms with E-state index in [1.165, 1.54) is 0 Å². The topological polar surface area (TPSA) is 72.3 Å².